The topological polar surface area (TPSA) is 68.8 Å². The van der Waals surface area contributed by atoms with Gasteiger partial charge >= 0.3 is 0 Å². The minimum Gasteiger partial charge on any atom is -0.356 e. The number of piperidine rings is 1. The van der Waals surface area contributed by atoms with E-state index in [1.54, 1.807) is 7.05 Å². The molecule has 1 saturated heterocycles. The number of halogens is 1. The van der Waals surface area contributed by atoms with Crippen molar-refractivity contribution in [2.45, 2.75) is 52.0 Å². The molecule has 28 heavy (non-hydrogen) atoms. The average Bonchev–Trinajstić information content (AvgIpc) is 2.68. The first kappa shape index (κ1) is 24.7. The van der Waals surface area contributed by atoms with Crippen LogP contribution in [0.15, 0.2) is 29.3 Å². The third kappa shape index (κ3) is 8.77. The van der Waals surface area contributed by atoms with E-state index in [-0.39, 0.29) is 36.4 Å². The maximum Gasteiger partial charge on any atom is 0.243 e. The maximum atomic E-state index is 12.1. The van der Waals surface area contributed by atoms with E-state index in [1.165, 1.54) is 31.4 Å². The number of guanidine groups is 1. The highest BCUT2D eigenvalue weighted by Gasteiger charge is 2.17. The molecule has 1 heterocycles. The van der Waals surface area contributed by atoms with Gasteiger partial charge in [0.05, 0.1) is 6.54 Å². The quantitative estimate of drug-likeness (QED) is 0.222. The van der Waals surface area contributed by atoms with E-state index in [0.29, 0.717) is 12.0 Å². The molecule has 1 aliphatic heterocycles. The minimum atomic E-state index is -0.0756. The van der Waals surface area contributed by atoms with Crippen LogP contribution in [0.4, 0.5) is 5.69 Å². The van der Waals surface area contributed by atoms with Crippen LogP contribution in [-0.4, -0.2) is 56.0 Å². The summed E-state index contributed by atoms with van der Waals surface area (Å²) in [5.41, 5.74) is 2.04. The highest BCUT2D eigenvalue weighted by molar-refractivity contribution is 14.0. The molecule has 0 aliphatic carbocycles. The Balaban J connectivity index is 0.00000392. The Kier molecular flexibility index (Phi) is 12.1. The van der Waals surface area contributed by atoms with Gasteiger partial charge < -0.3 is 20.9 Å². The molecular formula is C21H36IN5O. The molecule has 0 saturated carbocycles. The first-order valence-corrected chi connectivity index (χ1v) is 10.2. The lowest BCUT2D eigenvalue weighted by atomic mass is 10.0. The van der Waals surface area contributed by atoms with Gasteiger partial charge in [0, 0.05) is 31.9 Å². The fourth-order valence-corrected chi connectivity index (χ4v) is 3.44. The van der Waals surface area contributed by atoms with Crippen LogP contribution in [0.25, 0.3) is 0 Å². The van der Waals surface area contributed by atoms with Gasteiger partial charge in [0.15, 0.2) is 5.96 Å². The van der Waals surface area contributed by atoms with Gasteiger partial charge in [-0.25, -0.2) is 0 Å². The molecule has 7 heteroatoms. The predicted octanol–water partition coefficient (Wildman–Crippen LogP) is 3.24. The first-order valence-electron chi connectivity index (χ1n) is 10.2. The Morgan fingerprint density at radius 3 is 2.82 bits per heavy atom. The number of hydrogen-bond acceptors (Lipinski definition) is 3. The monoisotopic (exact) mass is 501 g/mol. The zero-order valence-corrected chi connectivity index (χ0v) is 19.8. The first-order chi connectivity index (χ1) is 13.1. The molecule has 0 bridgehead atoms. The molecule has 1 aliphatic rings. The zero-order chi connectivity index (χ0) is 19.5. The van der Waals surface area contributed by atoms with Gasteiger partial charge in [-0.2, -0.15) is 0 Å². The predicted molar refractivity (Wildman–Crippen MR) is 129 cm³/mol. The fourth-order valence-electron chi connectivity index (χ4n) is 3.44. The van der Waals surface area contributed by atoms with Crippen LogP contribution in [0.2, 0.25) is 0 Å². The summed E-state index contributed by atoms with van der Waals surface area (Å²) in [7, 11) is 1.73. The number of aryl methyl sites for hydroxylation is 1. The van der Waals surface area contributed by atoms with Crippen molar-refractivity contribution < 1.29 is 4.79 Å². The summed E-state index contributed by atoms with van der Waals surface area (Å²) >= 11 is 0. The second-order valence-electron chi connectivity index (χ2n) is 7.19. The summed E-state index contributed by atoms with van der Waals surface area (Å²) in [6.45, 7) is 7.79. The Bertz CT molecular complexity index is 623. The minimum absolute atomic E-state index is 0. The molecule has 1 amide bonds. The number of carbonyl (C=O) groups excluding carboxylic acids is 1. The number of carbonyl (C=O) groups is 1. The molecule has 2 rings (SSSR count). The number of rotatable bonds is 8. The third-order valence-corrected chi connectivity index (χ3v) is 5.11. The van der Waals surface area contributed by atoms with Crippen LogP contribution in [0.1, 0.15) is 45.1 Å². The number of hydrogen-bond donors (Lipinski definition) is 3. The molecule has 0 spiro atoms. The normalized spacial score (nSPS) is 17.5. The van der Waals surface area contributed by atoms with E-state index < -0.39 is 0 Å². The second-order valence-corrected chi connectivity index (χ2v) is 7.19. The molecule has 1 unspecified atom stereocenters. The zero-order valence-electron chi connectivity index (χ0n) is 17.5. The molecule has 1 aromatic rings. The van der Waals surface area contributed by atoms with Crippen LogP contribution in [0, 0.1) is 0 Å². The van der Waals surface area contributed by atoms with Crippen molar-refractivity contribution in [2.75, 3.05) is 38.5 Å². The average molecular weight is 501 g/mol. The van der Waals surface area contributed by atoms with E-state index in [1.807, 2.05) is 18.2 Å². The largest absolute Gasteiger partial charge is 0.356 e. The van der Waals surface area contributed by atoms with Crippen molar-refractivity contribution in [3.63, 3.8) is 0 Å². The van der Waals surface area contributed by atoms with Crippen molar-refractivity contribution in [2.24, 2.45) is 4.99 Å². The summed E-state index contributed by atoms with van der Waals surface area (Å²) < 4.78 is 0. The van der Waals surface area contributed by atoms with Gasteiger partial charge in [-0.1, -0.05) is 25.5 Å². The van der Waals surface area contributed by atoms with Gasteiger partial charge in [-0.3, -0.25) is 9.79 Å². The van der Waals surface area contributed by atoms with Crippen LogP contribution in [-0.2, 0) is 11.2 Å². The van der Waals surface area contributed by atoms with E-state index in [2.05, 4.69) is 45.8 Å². The summed E-state index contributed by atoms with van der Waals surface area (Å²) in [5.74, 6) is 0.590. The third-order valence-electron chi connectivity index (χ3n) is 5.11. The number of anilines is 1. The summed E-state index contributed by atoms with van der Waals surface area (Å²) in [4.78, 5) is 18.9. The molecule has 1 aromatic carbocycles. The van der Waals surface area contributed by atoms with Crippen LogP contribution >= 0.6 is 24.0 Å². The van der Waals surface area contributed by atoms with Crippen molar-refractivity contribution in [1.29, 1.82) is 0 Å². The van der Waals surface area contributed by atoms with Gasteiger partial charge in [-0.05, 0) is 56.8 Å². The molecule has 6 nitrogen and oxygen atoms in total. The van der Waals surface area contributed by atoms with Crippen molar-refractivity contribution in [1.82, 2.24) is 15.5 Å². The number of benzene rings is 1. The number of nitrogens with one attached hydrogen (secondary N) is 3. The standard InChI is InChI=1S/C21H35N5O.HI/c1-4-18-10-7-11-19(15-18)25-20(27)16-24-21(22-3)23-12-8-14-26-13-6-5-9-17(26)2;/h7,10-11,15,17H,4-6,8-9,12-14,16H2,1-3H3,(H,25,27)(H2,22,23,24);1H. The lowest BCUT2D eigenvalue weighted by Crippen LogP contribution is -2.43. The highest BCUT2D eigenvalue weighted by atomic mass is 127. The van der Waals surface area contributed by atoms with Gasteiger partial charge in [-0.15, -0.1) is 24.0 Å². The molecule has 1 fully saturated rings. The van der Waals surface area contributed by atoms with Gasteiger partial charge in [0.2, 0.25) is 5.91 Å². The van der Waals surface area contributed by atoms with Crippen LogP contribution < -0.4 is 16.0 Å². The number of nitrogens with zero attached hydrogens (tertiary/aromatic N) is 2. The second kappa shape index (κ2) is 13.8. The molecule has 1 atom stereocenters. The van der Waals surface area contributed by atoms with E-state index in [4.69, 9.17) is 0 Å². The Hall–Kier alpha value is -1.35. The summed E-state index contributed by atoms with van der Waals surface area (Å²) in [6, 6.07) is 8.64. The molecule has 158 valence electrons. The van der Waals surface area contributed by atoms with Crippen molar-refractivity contribution in [3.05, 3.63) is 29.8 Å². The van der Waals surface area contributed by atoms with E-state index in [9.17, 15) is 4.79 Å². The SMILES string of the molecule is CCc1cccc(NC(=O)CNC(=NC)NCCCN2CCCCC2C)c1.I. The van der Waals surface area contributed by atoms with Gasteiger partial charge in [0.25, 0.3) is 0 Å². The summed E-state index contributed by atoms with van der Waals surface area (Å²) in [5, 5.41) is 9.29. The maximum absolute atomic E-state index is 12.1. The Morgan fingerprint density at radius 2 is 2.11 bits per heavy atom. The number of amides is 1. The Morgan fingerprint density at radius 1 is 1.29 bits per heavy atom. The Labute approximate surface area is 187 Å². The number of aliphatic imine (C=N–C) groups is 1. The van der Waals surface area contributed by atoms with Crippen molar-refractivity contribution in [3.8, 4) is 0 Å². The number of likely N-dealkylation sites (tertiary alicyclic amines) is 1. The van der Waals surface area contributed by atoms with E-state index >= 15 is 0 Å². The molecule has 0 radical (unpaired) electrons. The smallest absolute Gasteiger partial charge is 0.243 e. The summed E-state index contributed by atoms with van der Waals surface area (Å²) in [6.07, 6.45) is 6.01. The molecule has 0 aromatic heterocycles. The van der Waals surface area contributed by atoms with Crippen LogP contribution in [0.5, 0.6) is 0 Å². The van der Waals surface area contributed by atoms with Crippen molar-refractivity contribution >= 4 is 41.5 Å². The van der Waals surface area contributed by atoms with E-state index in [0.717, 1.165) is 31.6 Å². The van der Waals surface area contributed by atoms with Crippen LogP contribution in [0.3, 0.4) is 0 Å². The molecule has 3 N–H and O–H groups in total. The lowest BCUT2D eigenvalue weighted by molar-refractivity contribution is -0.115. The van der Waals surface area contributed by atoms with Gasteiger partial charge in [0.1, 0.15) is 0 Å². The molecular weight excluding hydrogens is 465 g/mol. The lowest BCUT2D eigenvalue weighted by Gasteiger charge is -2.33. The fraction of sp³-hybridized carbons (Fsp3) is 0.619. The highest BCUT2D eigenvalue weighted by Crippen LogP contribution is 2.16.